The average molecular weight is 325 g/mol. The fourth-order valence-corrected chi connectivity index (χ4v) is 1.95. The van der Waals surface area contributed by atoms with Crippen molar-refractivity contribution in [3.05, 3.63) is 60.2 Å². The molecule has 7 heteroatoms. The summed E-state index contributed by atoms with van der Waals surface area (Å²) in [7, 11) is 0. The first kappa shape index (κ1) is 16.8. The van der Waals surface area contributed by atoms with Gasteiger partial charge in [-0.1, -0.05) is 42.5 Å². The third-order valence-corrected chi connectivity index (χ3v) is 2.95. The van der Waals surface area contributed by atoms with Crippen molar-refractivity contribution in [2.24, 2.45) is 0 Å². The molecule has 0 aromatic heterocycles. The number of para-hydroxylation sites is 2. The molecule has 2 N–H and O–H groups in total. The molecule has 0 aliphatic heterocycles. The summed E-state index contributed by atoms with van der Waals surface area (Å²) in [6, 6.07) is 13.7. The summed E-state index contributed by atoms with van der Waals surface area (Å²) in [6.45, 7) is 0. The topological polar surface area (TPSA) is 58.6 Å². The lowest BCUT2D eigenvalue weighted by Crippen LogP contribution is -2.20. The van der Waals surface area contributed by atoms with Crippen LogP contribution in [0.4, 0.5) is 18.9 Å². The van der Waals surface area contributed by atoms with Crippen molar-refractivity contribution in [3.8, 4) is 5.75 Å². The van der Waals surface area contributed by atoms with E-state index < -0.39 is 24.1 Å². The number of aliphatic hydroxyl groups excluding tert-OH is 1. The van der Waals surface area contributed by atoms with Gasteiger partial charge in [0.05, 0.1) is 18.2 Å². The van der Waals surface area contributed by atoms with Crippen LogP contribution in [0.1, 0.15) is 18.1 Å². The normalized spacial score (nSPS) is 12.5. The first-order valence-electron chi connectivity index (χ1n) is 6.73. The Kier molecular flexibility index (Phi) is 5.23. The summed E-state index contributed by atoms with van der Waals surface area (Å²) in [6.07, 6.45) is -6.19. The maximum atomic E-state index is 12.3. The lowest BCUT2D eigenvalue weighted by atomic mass is 10.1. The molecular formula is C16H14F3NO3. The largest absolute Gasteiger partial charge is 0.573 e. The standard InChI is InChI=1S/C16H14F3NO3/c17-16(18,19)23-14-9-5-4-8-12(14)20-15(22)10-13(21)11-6-2-1-3-7-11/h1-9,13,21H,10H2,(H,20,22). The highest BCUT2D eigenvalue weighted by Gasteiger charge is 2.32. The molecule has 0 bridgehead atoms. The number of nitrogens with one attached hydrogen (secondary N) is 1. The minimum absolute atomic E-state index is 0.116. The van der Waals surface area contributed by atoms with Gasteiger partial charge in [0.1, 0.15) is 0 Å². The molecule has 122 valence electrons. The molecule has 0 saturated heterocycles. The van der Waals surface area contributed by atoms with E-state index in [1.807, 2.05) is 0 Å². The van der Waals surface area contributed by atoms with Crippen LogP contribution in [0.3, 0.4) is 0 Å². The quantitative estimate of drug-likeness (QED) is 0.882. The van der Waals surface area contributed by atoms with Crippen molar-refractivity contribution >= 4 is 11.6 Å². The number of anilines is 1. The number of alkyl halides is 3. The molecule has 0 fully saturated rings. The predicted molar refractivity (Wildman–Crippen MR) is 77.8 cm³/mol. The molecule has 23 heavy (non-hydrogen) atoms. The van der Waals surface area contributed by atoms with Crippen molar-refractivity contribution in [1.82, 2.24) is 0 Å². The lowest BCUT2D eigenvalue weighted by Gasteiger charge is -2.15. The summed E-state index contributed by atoms with van der Waals surface area (Å²) in [5, 5.41) is 12.3. The van der Waals surface area contributed by atoms with Crippen molar-refractivity contribution in [2.75, 3.05) is 5.32 Å². The highest BCUT2D eigenvalue weighted by Crippen LogP contribution is 2.30. The average Bonchev–Trinajstić information content (AvgIpc) is 2.48. The number of halogens is 3. The highest BCUT2D eigenvalue weighted by atomic mass is 19.4. The SMILES string of the molecule is O=C(CC(O)c1ccccc1)Nc1ccccc1OC(F)(F)F. The van der Waals surface area contributed by atoms with Crippen molar-refractivity contribution in [1.29, 1.82) is 0 Å². The Bertz CT molecular complexity index is 659. The molecule has 2 aromatic rings. The van der Waals surface area contributed by atoms with E-state index in [0.29, 0.717) is 5.56 Å². The monoisotopic (exact) mass is 325 g/mol. The molecular weight excluding hydrogens is 311 g/mol. The Morgan fingerprint density at radius 2 is 1.70 bits per heavy atom. The Labute approximate surface area is 130 Å². The number of amides is 1. The summed E-state index contributed by atoms with van der Waals surface area (Å²) in [4.78, 5) is 11.9. The van der Waals surface area contributed by atoms with Crippen LogP contribution >= 0.6 is 0 Å². The fourth-order valence-electron chi connectivity index (χ4n) is 1.95. The number of aliphatic hydroxyl groups is 1. The number of hydrogen-bond acceptors (Lipinski definition) is 3. The van der Waals surface area contributed by atoms with Gasteiger partial charge in [0.15, 0.2) is 5.75 Å². The van der Waals surface area contributed by atoms with E-state index in [1.54, 1.807) is 30.3 Å². The number of carbonyl (C=O) groups excluding carboxylic acids is 1. The molecule has 1 atom stereocenters. The Morgan fingerprint density at radius 3 is 2.35 bits per heavy atom. The zero-order chi connectivity index (χ0) is 16.9. The van der Waals surface area contributed by atoms with Crippen LogP contribution in [0.15, 0.2) is 54.6 Å². The molecule has 1 amide bonds. The van der Waals surface area contributed by atoms with Crippen LogP contribution in [0, 0.1) is 0 Å². The predicted octanol–water partition coefficient (Wildman–Crippen LogP) is 3.65. The third kappa shape index (κ3) is 5.30. The second-order valence-electron chi connectivity index (χ2n) is 4.72. The van der Waals surface area contributed by atoms with Gasteiger partial charge in [-0.25, -0.2) is 0 Å². The van der Waals surface area contributed by atoms with Crippen molar-refractivity contribution in [3.63, 3.8) is 0 Å². The lowest BCUT2D eigenvalue weighted by molar-refractivity contribution is -0.274. The number of rotatable bonds is 5. The molecule has 1 unspecified atom stereocenters. The second-order valence-corrected chi connectivity index (χ2v) is 4.72. The smallest absolute Gasteiger partial charge is 0.404 e. The summed E-state index contributed by atoms with van der Waals surface area (Å²) >= 11 is 0. The minimum Gasteiger partial charge on any atom is -0.404 e. The summed E-state index contributed by atoms with van der Waals surface area (Å²) in [5.41, 5.74) is 0.428. The van der Waals surface area contributed by atoms with Gasteiger partial charge in [-0.3, -0.25) is 4.79 Å². The van der Waals surface area contributed by atoms with Gasteiger partial charge in [0, 0.05) is 0 Å². The molecule has 0 saturated carbocycles. The van der Waals surface area contributed by atoms with E-state index in [-0.39, 0.29) is 12.1 Å². The van der Waals surface area contributed by atoms with Gasteiger partial charge in [-0.15, -0.1) is 13.2 Å². The Morgan fingerprint density at radius 1 is 1.09 bits per heavy atom. The molecule has 4 nitrogen and oxygen atoms in total. The zero-order valence-corrected chi connectivity index (χ0v) is 11.9. The van der Waals surface area contributed by atoms with Crippen molar-refractivity contribution < 1.29 is 27.8 Å². The number of benzene rings is 2. The van der Waals surface area contributed by atoms with Gasteiger partial charge in [-0.05, 0) is 17.7 Å². The van der Waals surface area contributed by atoms with E-state index in [4.69, 9.17) is 0 Å². The molecule has 2 rings (SSSR count). The van der Waals surface area contributed by atoms with E-state index in [1.165, 1.54) is 18.2 Å². The molecule has 2 aromatic carbocycles. The zero-order valence-electron chi connectivity index (χ0n) is 11.9. The maximum Gasteiger partial charge on any atom is 0.573 e. The first-order valence-corrected chi connectivity index (χ1v) is 6.73. The highest BCUT2D eigenvalue weighted by molar-refractivity contribution is 5.92. The number of carbonyl (C=O) groups is 1. The molecule has 0 radical (unpaired) electrons. The van der Waals surface area contributed by atoms with Crippen LogP contribution in [0.2, 0.25) is 0 Å². The number of hydrogen-bond donors (Lipinski definition) is 2. The Hall–Kier alpha value is -2.54. The van der Waals surface area contributed by atoms with Gasteiger partial charge in [0.25, 0.3) is 0 Å². The summed E-state index contributed by atoms with van der Waals surface area (Å²) in [5.74, 6) is -1.14. The Balaban J connectivity index is 2.03. The molecule has 0 spiro atoms. The van der Waals surface area contributed by atoms with E-state index in [0.717, 1.165) is 6.07 Å². The molecule has 0 aliphatic rings. The minimum atomic E-state index is -4.86. The number of ether oxygens (including phenoxy) is 1. The van der Waals surface area contributed by atoms with E-state index in [2.05, 4.69) is 10.1 Å². The second kappa shape index (κ2) is 7.15. The van der Waals surface area contributed by atoms with Crippen molar-refractivity contribution in [2.45, 2.75) is 18.9 Å². The fraction of sp³-hybridized carbons (Fsp3) is 0.188. The van der Waals surface area contributed by atoms with Crippen LogP contribution in [-0.2, 0) is 4.79 Å². The van der Waals surface area contributed by atoms with Crippen LogP contribution < -0.4 is 10.1 Å². The van der Waals surface area contributed by atoms with Gasteiger partial charge in [0.2, 0.25) is 5.91 Å². The molecule has 0 aliphatic carbocycles. The summed E-state index contributed by atoms with van der Waals surface area (Å²) < 4.78 is 40.8. The van der Waals surface area contributed by atoms with Gasteiger partial charge in [-0.2, -0.15) is 0 Å². The van der Waals surface area contributed by atoms with Crippen LogP contribution in [-0.4, -0.2) is 17.4 Å². The van der Waals surface area contributed by atoms with Gasteiger partial charge < -0.3 is 15.2 Å². The van der Waals surface area contributed by atoms with Gasteiger partial charge >= 0.3 is 6.36 Å². The first-order chi connectivity index (χ1) is 10.8. The van der Waals surface area contributed by atoms with E-state index >= 15 is 0 Å². The maximum absolute atomic E-state index is 12.3. The molecule has 0 heterocycles. The third-order valence-electron chi connectivity index (χ3n) is 2.95. The van der Waals surface area contributed by atoms with Crippen LogP contribution in [0.5, 0.6) is 5.75 Å². The van der Waals surface area contributed by atoms with Crippen LogP contribution in [0.25, 0.3) is 0 Å². The van der Waals surface area contributed by atoms with E-state index in [9.17, 15) is 23.1 Å².